The van der Waals surface area contributed by atoms with Gasteiger partial charge in [-0.25, -0.2) is 0 Å². The molecule has 0 saturated carbocycles. The average Bonchev–Trinajstić information content (AvgIpc) is 2.81. The lowest BCUT2D eigenvalue weighted by Gasteiger charge is -2.22. The molecule has 1 aliphatic carbocycles. The Morgan fingerprint density at radius 3 is 2.21 bits per heavy atom. The Hall–Kier alpha value is -2.60. The number of fused-ring (bicyclic) bond motifs is 6. The molecule has 0 bridgehead atoms. The standard InChI is InChI=1S/C24H20/c1-15-8-9-16-10-11-17-13-21-18-6-4-5-7-22(18)24(2,3)23(21)14-20(17)19(16)12-15/h4-14H,1-3H3. The van der Waals surface area contributed by atoms with Crippen LogP contribution in [0.25, 0.3) is 32.7 Å². The molecule has 4 aromatic rings. The maximum absolute atomic E-state index is 2.44. The van der Waals surface area contributed by atoms with Crippen LogP contribution in [-0.2, 0) is 5.41 Å². The van der Waals surface area contributed by atoms with Gasteiger partial charge in [0.25, 0.3) is 0 Å². The zero-order valence-corrected chi connectivity index (χ0v) is 14.4. The van der Waals surface area contributed by atoms with Gasteiger partial charge < -0.3 is 0 Å². The fourth-order valence-electron chi connectivity index (χ4n) is 4.36. The monoisotopic (exact) mass is 308 g/mol. The topological polar surface area (TPSA) is 0 Å². The number of rotatable bonds is 0. The van der Waals surface area contributed by atoms with Crippen molar-refractivity contribution in [2.24, 2.45) is 0 Å². The Morgan fingerprint density at radius 1 is 0.625 bits per heavy atom. The molecule has 0 spiro atoms. The zero-order chi connectivity index (χ0) is 16.5. The molecule has 24 heavy (non-hydrogen) atoms. The van der Waals surface area contributed by atoms with Crippen LogP contribution in [0.15, 0.2) is 66.7 Å². The highest BCUT2D eigenvalue weighted by atomic mass is 14.4. The van der Waals surface area contributed by atoms with E-state index in [1.54, 1.807) is 0 Å². The molecule has 0 atom stereocenters. The van der Waals surface area contributed by atoms with Gasteiger partial charge in [-0.2, -0.15) is 0 Å². The van der Waals surface area contributed by atoms with Crippen LogP contribution < -0.4 is 0 Å². The van der Waals surface area contributed by atoms with Crippen molar-refractivity contribution in [2.45, 2.75) is 26.2 Å². The minimum atomic E-state index is 0.0616. The van der Waals surface area contributed by atoms with E-state index in [9.17, 15) is 0 Å². The summed E-state index contributed by atoms with van der Waals surface area (Å²) in [6.07, 6.45) is 0. The summed E-state index contributed by atoms with van der Waals surface area (Å²) in [6.45, 7) is 6.87. The molecule has 4 aromatic carbocycles. The lowest BCUT2D eigenvalue weighted by molar-refractivity contribution is 0.661. The van der Waals surface area contributed by atoms with Crippen molar-refractivity contribution in [1.29, 1.82) is 0 Å². The van der Waals surface area contributed by atoms with Crippen molar-refractivity contribution >= 4 is 21.5 Å². The molecule has 0 fully saturated rings. The molecule has 0 nitrogen and oxygen atoms in total. The molecule has 116 valence electrons. The van der Waals surface area contributed by atoms with E-state index >= 15 is 0 Å². The summed E-state index contributed by atoms with van der Waals surface area (Å²) in [6, 6.07) is 24.9. The number of hydrogen-bond acceptors (Lipinski definition) is 0. The van der Waals surface area contributed by atoms with Gasteiger partial charge in [-0.05, 0) is 62.9 Å². The van der Waals surface area contributed by atoms with Crippen LogP contribution in [0.4, 0.5) is 0 Å². The molecule has 5 rings (SSSR count). The third kappa shape index (κ3) is 1.69. The van der Waals surface area contributed by atoms with Gasteiger partial charge in [-0.15, -0.1) is 0 Å². The predicted molar refractivity (Wildman–Crippen MR) is 104 cm³/mol. The van der Waals surface area contributed by atoms with Crippen LogP contribution in [0, 0.1) is 6.92 Å². The summed E-state index contributed by atoms with van der Waals surface area (Å²) in [5, 5.41) is 5.39. The van der Waals surface area contributed by atoms with Crippen LogP contribution >= 0.6 is 0 Å². The normalized spacial score (nSPS) is 14.8. The van der Waals surface area contributed by atoms with Crippen molar-refractivity contribution in [3.05, 3.63) is 83.4 Å². The van der Waals surface area contributed by atoms with Crippen LogP contribution in [0.3, 0.4) is 0 Å². The van der Waals surface area contributed by atoms with Gasteiger partial charge in [0.1, 0.15) is 0 Å². The van der Waals surface area contributed by atoms with Crippen LogP contribution in [0.5, 0.6) is 0 Å². The molecule has 0 saturated heterocycles. The van der Waals surface area contributed by atoms with Crippen molar-refractivity contribution in [2.75, 3.05) is 0 Å². The summed E-state index contributed by atoms with van der Waals surface area (Å²) in [5.41, 5.74) is 7.06. The van der Waals surface area contributed by atoms with Crippen molar-refractivity contribution in [3.63, 3.8) is 0 Å². The van der Waals surface area contributed by atoms with Gasteiger partial charge in [-0.3, -0.25) is 0 Å². The lowest BCUT2D eigenvalue weighted by Crippen LogP contribution is -2.14. The van der Waals surface area contributed by atoms with Gasteiger partial charge in [0.05, 0.1) is 0 Å². The van der Waals surface area contributed by atoms with Gasteiger partial charge in [-0.1, -0.05) is 74.0 Å². The third-order valence-electron chi connectivity index (χ3n) is 5.70. The Morgan fingerprint density at radius 2 is 1.33 bits per heavy atom. The molecule has 0 heteroatoms. The SMILES string of the molecule is Cc1ccc2ccc3cc4c(cc3c2c1)C(C)(C)c1ccccc1-4. The Labute approximate surface area is 142 Å². The summed E-state index contributed by atoms with van der Waals surface area (Å²) in [4.78, 5) is 0. The fraction of sp³-hybridized carbons (Fsp3) is 0.167. The average molecular weight is 308 g/mol. The number of aryl methyl sites for hydroxylation is 1. The second kappa shape index (κ2) is 4.48. The van der Waals surface area contributed by atoms with Crippen molar-refractivity contribution in [1.82, 2.24) is 0 Å². The Balaban J connectivity index is 1.94. The van der Waals surface area contributed by atoms with Crippen molar-refractivity contribution in [3.8, 4) is 11.1 Å². The predicted octanol–water partition coefficient (Wildman–Crippen LogP) is 6.61. The van der Waals surface area contributed by atoms with Crippen LogP contribution in [0.1, 0.15) is 30.5 Å². The molecule has 0 heterocycles. The zero-order valence-electron chi connectivity index (χ0n) is 14.4. The van der Waals surface area contributed by atoms with E-state index in [2.05, 4.69) is 87.5 Å². The first kappa shape index (κ1) is 13.8. The molecule has 0 aromatic heterocycles. The van der Waals surface area contributed by atoms with E-state index < -0.39 is 0 Å². The fourth-order valence-corrected chi connectivity index (χ4v) is 4.36. The van der Waals surface area contributed by atoms with E-state index in [4.69, 9.17) is 0 Å². The highest BCUT2D eigenvalue weighted by Gasteiger charge is 2.35. The highest BCUT2D eigenvalue weighted by molar-refractivity contribution is 6.09. The molecule has 0 aliphatic heterocycles. The minimum absolute atomic E-state index is 0.0616. The van der Waals surface area contributed by atoms with E-state index in [1.807, 2.05) is 0 Å². The van der Waals surface area contributed by atoms with Crippen LogP contribution in [-0.4, -0.2) is 0 Å². The van der Waals surface area contributed by atoms with Crippen molar-refractivity contribution < 1.29 is 0 Å². The van der Waals surface area contributed by atoms with Gasteiger partial charge in [0.2, 0.25) is 0 Å². The molecule has 0 amide bonds. The first-order valence-electron chi connectivity index (χ1n) is 8.63. The summed E-state index contributed by atoms with van der Waals surface area (Å²) in [7, 11) is 0. The van der Waals surface area contributed by atoms with E-state index in [-0.39, 0.29) is 5.41 Å². The molecule has 0 unspecified atom stereocenters. The Kier molecular flexibility index (Phi) is 2.58. The second-order valence-corrected chi connectivity index (χ2v) is 7.58. The third-order valence-corrected chi connectivity index (χ3v) is 5.70. The summed E-state index contributed by atoms with van der Waals surface area (Å²) >= 11 is 0. The largest absolute Gasteiger partial charge is 0.0619 e. The molecular formula is C24H20. The first-order chi connectivity index (χ1) is 11.6. The smallest absolute Gasteiger partial charge is 0.0159 e. The van der Waals surface area contributed by atoms with E-state index in [0.717, 1.165) is 0 Å². The minimum Gasteiger partial charge on any atom is -0.0619 e. The summed E-state index contributed by atoms with van der Waals surface area (Å²) < 4.78 is 0. The molecule has 0 N–H and O–H groups in total. The molecular weight excluding hydrogens is 288 g/mol. The lowest BCUT2D eigenvalue weighted by atomic mass is 9.81. The quantitative estimate of drug-likeness (QED) is 0.321. The van der Waals surface area contributed by atoms with Gasteiger partial charge in [0.15, 0.2) is 0 Å². The van der Waals surface area contributed by atoms with Gasteiger partial charge in [0, 0.05) is 5.41 Å². The maximum Gasteiger partial charge on any atom is 0.0159 e. The Bertz CT molecular complexity index is 1130. The maximum atomic E-state index is 2.44. The highest BCUT2D eigenvalue weighted by Crippen LogP contribution is 2.50. The van der Waals surface area contributed by atoms with E-state index in [1.165, 1.54) is 49.4 Å². The first-order valence-corrected chi connectivity index (χ1v) is 8.63. The van der Waals surface area contributed by atoms with E-state index in [0.29, 0.717) is 0 Å². The summed E-state index contributed by atoms with van der Waals surface area (Å²) in [5.74, 6) is 0. The molecule has 1 aliphatic rings. The molecule has 0 radical (unpaired) electrons. The van der Waals surface area contributed by atoms with Crippen LogP contribution in [0.2, 0.25) is 0 Å². The number of benzene rings is 4. The van der Waals surface area contributed by atoms with Gasteiger partial charge >= 0.3 is 0 Å². The second-order valence-electron chi connectivity index (χ2n) is 7.58. The number of hydrogen-bond donors (Lipinski definition) is 0.